The Hall–Kier alpha value is -2.36. The molecule has 0 aromatic heterocycles. The minimum Gasteiger partial charge on any atom is -0.369 e. The van der Waals surface area contributed by atoms with E-state index in [9.17, 15) is 0 Å². The van der Waals surface area contributed by atoms with E-state index in [1.807, 2.05) is 60.7 Å². The van der Waals surface area contributed by atoms with Crippen molar-refractivity contribution < 1.29 is 4.70 Å². The van der Waals surface area contributed by atoms with E-state index in [2.05, 4.69) is 0 Å². The predicted octanol–water partition coefficient (Wildman–Crippen LogP) is 2.87. The van der Waals surface area contributed by atoms with Gasteiger partial charge in [0, 0.05) is 11.4 Å². The van der Waals surface area contributed by atoms with Crippen LogP contribution in [0.25, 0.3) is 0 Å². The highest BCUT2D eigenvalue weighted by atomic mass is 19.0. The van der Waals surface area contributed by atoms with Gasteiger partial charge >= 0.3 is 0 Å². The molecule has 2 aromatic rings. The van der Waals surface area contributed by atoms with Crippen LogP contribution in [-0.4, -0.2) is 5.96 Å². The number of hydrogen-bond donors (Lipinski definition) is 2. The Balaban J connectivity index is 0.00000144. The summed E-state index contributed by atoms with van der Waals surface area (Å²) in [5.41, 5.74) is 7.39. The molecule has 4 heteroatoms. The molecule has 0 aliphatic rings. The summed E-state index contributed by atoms with van der Waals surface area (Å²) >= 11 is 0. The minimum atomic E-state index is 0. The van der Waals surface area contributed by atoms with Crippen molar-refractivity contribution in [2.75, 3.05) is 4.90 Å². The van der Waals surface area contributed by atoms with E-state index >= 15 is 0 Å². The lowest BCUT2D eigenvalue weighted by Crippen LogP contribution is -2.32. The van der Waals surface area contributed by atoms with Crippen LogP contribution < -0.4 is 10.6 Å². The SMILES string of the molecule is F.N=C(N)N(c1ccccc1)c1ccccc1. The van der Waals surface area contributed by atoms with E-state index in [1.165, 1.54) is 0 Å². The highest BCUT2D eigenvalue weighted by Gasteiger charge is 2.10. The lowest BCUT2D eigenvalue weighted by Gasteiger charge is -2.22. The first-order valence-corrected chi connectivity index (χ1v) is 5.03. The van der Waals surface area contributed by atoms with Gasteiger partial charge in [-0.3, -0.25) is 15.0 Å². The van der Waals surface area contributed by atoms with E-state index < -0.39 is 0 Å². The number of nitrogens with two attached hydrogens (primary N) is 1. The van der Waals surface area contributed by atoms with Crippen LogP contribution in [0.15, 0.2) is 60.7 Å². The highest BCUT2D eigenvalue weighted by Crippen LogP contribution is 2.23. The smallest absolute Gasteiger partial charge is 0.197 e. The minimum absolute atomic E-state index is 0. The maximum atomic E-state index is 7.63. The molecule has 0 saturated heterocycles. The van der Waals surface area contributed by atoms with E-state index in [1.54, 1.807) is 4.90 Å². The normalized spacial score (nSPS) is 9.18. The molecule has 2 rings (SSSR count). The van der Waals surface area contributed by atoms with Crippen LogP contribution in [0, 0.1) is 5.41 Å². The fourth-order valence-corrected chi connectivity index (χ4v) is 1.58. The molecule has 0 amide bonds. The van der Waals surface area contributed by atoms with Crippen LogP contribution >= 0.6 is 0 Å². The van der Waals surface area contributed by atoms with Gasteiger partial charge in [-0.2, -0.15) is 0 Å². The Kier molecular flexibility index (Phi) is 4.22. The Bertz CT molecular complexity index is 431. The van der Waals surface area contributed by atoms with Gasteiger partial charge in [-0.25, -0.2) is 0 Å². The molecule has 0 fully saturated rings. The molecule has 2 aromatic carbocycles. The summed E-state index contributed by atoms with van der Waals surface area (Å²) < 4.78 is 0. The lowest BCUT2D eigenvalue weighted by molar-refractivity contribution is 1.11. The van der Waals surface area contributed by atoms with Crippen molar-refractivity contribution in [1.29, 1.82) is 5.41 Å². The molecule has 0 radical (unpaired) electrons. The number of nitrogens with zero attached hydrogens (tertiary/aromatic N) is 1. The summed E-state index contributed by atoms with van der Waals surface area (Å²) in [5.74, 6) is 0.0115. The van der Waals surface area contributed by atoms with Gasteiger partial charge in [0.2, 0.25) is 0 Å². The molecule has 0 atom stereocenters. The molecule has 0 aliphatic heterocycles. The maximum Gasteiger partial charge on any atom is 0.197 e. The third-order valence-electron chi connectivity index (χ3n) is 2.27. The molecule has 3 nitrogen and oxygen atoms in total. The van der Waals surface area contributed by atoms with Crippen LogP contribution in [0.2, 0.25) is 0 Å². The van der Waals surface area contributed by atoms with Crippen molar-refractivity contribution in [3.63, 3.8) is 0 Å². The first-order chi connectivity index (χ1) is 7.79. The summed E-state index contributed by atoms with van der Waals surface area (Å²) in [5, 5.41) is 7.63. The van der Waals surface area contributed by atoms with Gasteiger partial charge < -0.3 is 5.73 Å². The molecular weight excluding hydrogens is 217 g/mol. The molecule has 0 unspecified atom stereocenters. The average molecular weight is 231 g/mol. The largest absolute Gasteiger partial charge is 0.369 e. The van der Waals surface area contributed by atoms with Crippen LogP contribution in [0.5, 0.6) is 0 Å². The number of hydrogen-bond acceptors (Lipinski definition) is 1. The first-order valence-electron chi connectivity index (χ1n) is 5.03. The molecule has 0 saturated carbocycles. The molecule has 3 N–H and O–H groups in total. The monoisotopic (exact) mass is 231 g/mol. The number of guanidine groups is 1. The Morgan fingerprint density at radius 3 is 1.47 bits per heavy atom. The quantitative estimate of drug-likeness (QED) is 0.616. The van der Waals surface area contributed by atoms with Crippen molar-refractivity contribution in [2.45, 2.75) is 0 Å². The summed E-state index contributed by atoms with van der Waals surface area (Å²) in [6.45, 7) is 0. The van der Waals surface area contributed by atoms with Gasteiger partial charge in [-0.05, 0) is 24.3 Å². The second-order valence-electron chi connectivity index (χ2n) is 3.39. The molecule has 17 heavy (non-hydrogen) atoms. The van der Waals surface area contributed by atoms with Crippen molar-refractivity contribution in [3.8, 4) is 0 Å². The van der Waals surface area contributed by atoms with Gasteiger partial charge in [0.25, 0.3) is 0 Å². The first kappa shape index (κ1) is 12.7. The van der Waals surface area contributed by atoms with Crippen LogP contribution in [0.3, 0.4) is 0 Å². The highest BCUT2D eigenvalue weighted by molar-refractivity contribution is 5.99. The number of halogens is 1. The standard InChI is InChI=1S/C13H13N3.FH/c14-13(15)16(11-7-3-1-4-8-11)12-9-5-2-6-10-12;/h1-10H,(H3,14,15);1H. The average Bonchev–Trinajstić information content (AvgIpc) is 2.31. The predicted molar refractivity (Wildman–Crippen MR) is 69.4 cm³/mol. The summed E-state index contributed by atoms with van der Waals surface area (Å²) in [7, 11) is 0. The molecule has 0 aliphatic carbocycles. The van der Waals surface area contributed by atoms with Crippen molar-refractivity contribution in [1.82, 2.24) is 0 Å². The van der Waals surface area contributed by atoms with Crippen LogP contribution in [0.1, 0.15) is 0 Å². The number of nitrogens with one attached hydrogen (secondary N) is 1. The van der Waals surface area contributed by atoms with Gasteiger partial charge in [0.1, 0.15) is 0 Å². The van der Waals surface area contributed by atoms with Gasteiger partial charge in [0.05, 0.1) is 0 Å². The zero-order chi connectivity index (χ0) is 11.4. The zero-order valence-corrected chi connectivity index (χ0v) is 9.21. The number of anilines is 2. The van der Waals surface area contributed by atoms with Crippen molar-refractivity contribution in [3.05, 3.63) is 60.7 Å². The number of rotatable bonds is 2. The number of benzene rings is 2. The zero-order valence-electron chi connectivity index (χ0n) is 9.21. The van der Waals surface area contributed by atoms with E-state index in [4.69, 9.17) is 11.1 Å². The topological polar surface area (TPSA) is 53.1 Å². The fraction of sp³-hybridized carbons (Fsp3) is 0. The third-order valence-corrected chi connectivity index (χ3v) is 2.27. The number of para-hydroxylation sites is 2. The molecule has 88 valence electrons. The second kappa shape index (κ2) is 5.65. The molecule has 0 bridgehead atoms. The van der Waals surface area contributed by atoms with Crippen molar-refractivity contribution >= 4 is 17.3 Å². The lowest BCUT2D eigenvalue weighted by atomic mass is 10.2. The Labute approximate surface area is 99.4 Å². The van der Waals surface area contributed by atoms with Gasteiger partial charge in [-0.1, -0.05) is 36.4 Å². The third kappa shape index (κ3) is 2.81. The van der Waals surface area contributed by atoms with Crippen LogP contribution in [-0.2, 0) is 0 Å². The van der Waals surface area contributed by atoms with E-state index in [-0.39, 0.29) is 10.7 Å². The fourth-order valence-electron chi connectivity index (χ4n) is 1.58. The Morgan fingerprint density at radius 2 is 1.18 bits per heavy atom. The second-order valence-corrected chi connectivity index (χ2v) is 3.39. The van der Waals surface area contributed by atoms with Crippen molar-refractivity contribution in [2.24, 2.45) is 5.73 Å². The van der Waals surface area contributed by atoms with Gasteiger partial charge in [0.15, 0.2) is 5.96 Å². The molecule has 0 spiro atoms. The van der Waals surface area contributed by atoms with Gasteiger partial charge in [-0.15, -0.1) is 0 Å². The van der Waals surface area contributed by atoms with Crippen LogP contribution in [0.4, 0.5) is 16.1 Å². The summed E-state index contributed by atoms with van der Waals surface area (Å²) in [6.07, 6.45) is 0. The summed E-state index contributed by atoms with van der Waals surface area (Å²) in [6, 6.07) is 19.3. The Morgan fingerprint density at radius 1 is 0.824 bits per heavy atom. The molecular formula is C13H14FN3. The summed E-state index contributed by atoms with van der Waals surface area (Å²) in [4.78, 5) is 1.69. The van der Waals surface area contributed by atoms with E-state index in [0.29, 0.717) is 0 Å². The molecule has 0 heterocycles. The maximum absolute atomic E-state index is 7.63. The van der Waals surface area contributed by atoms with E-state index in [0.717, 1.165) is 11.4 Å².